The number of pyridine rings is 1. The van der Waals surface area contributed by atoms with Crippen molar-refractivity contribution in [2.24, 2.45) is 0 Å². The largest absolute Gasteiger partial charge is 0.369 e. The van der Waals surface area contributed by atoms with E-state index in [4.69, 9.17) is 5.73 Å². The molecule has 0 unspecified atom stereocenters. The zero-order chi connectivity index (χ0) is 10.1. The van der Waals surface area contributed by atoms with Crippen LogP contribution in [0.3, 0.4) is 0 Å². The van der Waals surface area contributed by atoms with Gasteiger partial charge in [-0.2, -0.15) is 0 Å². The second kappa shape index (κ2) is 3.14. The maximum Gasteiger partial charge on any atom is 0.204 e. The highest BCUT2D eigenvalue weighted by Gasteiger charge is 2.04. The van der Waals surface area contributed by atoms with E-state index in [1.165, 1.54) is 0 Å². The summed E-state index contributed by atoms with van der Waals surface area (Å²) in [5.41, 5.74) is 8.64. The Morgan fingerprint density at radius 2 is 2.07 bits per heavy atom. The number of rotatable bonds is 1. The SMILES string of the molecule is Cc1ccc(-n2ccnc2N)c(C)n1. The highest BCUT2D eigenvalue weighted by atomic mass is 15.1. The number of nitrogen functional groups attached to an aromatic ring is 1. The summed E-state index contributed by atoms with van der Waals surface area (Å²) in [7, 11) is 0. The molecule has 0 aliphatic rings. The van der Waals surface area contributed by atoms with Gasteiger partial charge in [0.15, 0.2) is 0 Å². The quantitative estimate of drug-likeness (QED) is 0.737. The summed E-state index contributed by atoms with van der Waals surface area (Å²) in [6, 6.07) is 3.96. The van der Waals surface area contributed by atoms with Gasteiger partial charge in [-0.1, -0.05) is 0 Å². The lowest BCUT2D eigenvalue weighted by Gasteiger charge is -2.07. The fourth-order valence-corrected chi connectivity index (χ4v) is 1.45. The van der Waals surface area contributed by atoms with Crippen molar-refractivity contribution in [1.82, 2.24) is 14.5 Å². The maximum absolute atomic E-state index is 5.70. The standard InChI is InChI=1S/C10H12N4/c1-7-3-4-9(8(2)13-7)14-6-5-12-10(14)11/h3-6H,1-2H3,(H2,11,12). The molecule has 0 saturated carbocycles. The topological polar surface area (TPSA) is 56.7 Å². The van der Waals surface area contributed by atoms with Crippen LogP contribution in [0.15, 0.2) is 24.5 Å². The molecule has 0 saturated heterocycles. The van der Waals surface area contributed by atoms with Crippen LogP contribution in [0.2, 0.25) is 0 Å². The summed E-state index contributed by atoms with van der Waals surface area (Å²) in [6.45, 7) is 3.93. The van der Waals surface area contributed by atoms with Crippen LogP contribution < -0.4 is 5.73 Å². The van der Waals surface area contributed by atoms with E-state index in [-0.39, 0.29) is 0 Å². The molecule has 2 aromatic rings. The van der Waals surface area contributed by atoms with Crippen LogP contribution in [0.5, 0.6) is 0 Å². The van der Waals surface area contributed by atoms with Crippen LogP contribution in [0.1, 0.15) is 11.4 Å². The maximum atomic E-state index is 5.70. The third kappa shape index (κ3) is 1.35. The fourth-order valence-electron chi connectivity index (χ4n) is 1.45. The van der Waals surface area contributed by atoms with Gasteiger partial charge in [0.1, 0.15) is 0 Å². The van der Waals surface area contributed by atoms with Gasteiger partial charge in [-0.25, -0.2) is 4.98 Å². The molecule has 4 heteroatoms. The zero-order valence-corrected chi connectivity index (χ0v) is 8.23. The van der Waals surface area contributed by atoms with Gasteiger partial charge in [-0.15, -0.1) is 0 Å². The molecule has 2 rings (SSSR count). The van der Waals surface area contributed by atoms with Gasteiger partial charge in [0.05, 0.1) is 11.4 Å². The van der Waals surface area contributed by atoms with Crippen molar-refractivity contribution in [2.45, 2.75) is 13.8 Å². The molecular weight excluding hydrogens is 176 g/mol. The van der Waals surface area contributed by atoms with Crippen molar-refractivity contribution >= 4 is 5.95 Å². The second-order valence-corrected chi connectivity index (χ2v) is 3.21. The molecular formula is C10H12N4. The van der Waals surface area contributed by atoms with Crippen molar-refractivity contribution in [3.63, 3.8) is 0 Å². The number of hydrogen-bond donors (Lipinski definition) is 1. The third-order valence-electron chi connectivity index (χ3n) is 2.13. The molecule has 2 aromatic heterocycles. The summed E-state index contributed by atoms with van der Waals surface area (Å²) in [4.78, 5) is 8.34. The molecule has 2 N–H and O–H groups in total. The minimum Gasteiger partial charge on any atom is -0.369 e. The summed E-state index contributed by atoms with van der Waals surface area (Å²) in [5.74, 6) is 0.485. The van der Waals surface area contributed by atoms with Crippen LogP contribution in [0.25, 0.3) is 5.69 Å². The minimum absolute atomic E-state index is 0.485. The third-order valence-corrected chi connectivity index (χ3v) is 2.13. The van der Waals surface area contributed by atoms with Crippen molar-refractivity contribution in [3.8, 4) is 5.69 Å². The number of aryl methyl sites for hydroxylation is 2. The Hall–Kier alpha value is -1.84. The average Bonchev–Trinajstić information content (AvgIpc) is 2.52. The van der Waals surface area contributed by atoms with Crippen LogP contribution in [0, 0.1) is 13.8 Å². The predicted octanol–water partition coefficient (Wildman–Crippen LogP) is 1.47. The average molecular weight is 188 g/mol. The fraction of sp³-hybridized carbons (Fsp3) is 0.200. The lowest BCUT2D eigenvalue weighted by Crippen LogP contribution is -2.03. The zero-order valence-electron chi connectivity index (χ0n) is 8.23. The van der Waals surface area contributed by atoms with Crippen LogP contribution >= 0.6 is 0 Å². The molecule has 0 fully saturated rings. The smallest absolute Gasteiger partial charge is 0.204 e. The number of anilines is 1. The Bertz CT molecular complexity index is 459. The van der Waals surface area contributed by atoms with E-state index < -0.39 is 0 Å². The van der Waals surface area contributed by atoms with Gasteiger partial charge in [-0.05, 0) is 26.0 Å². The number of hydrogen-bond acceptors (Lipinski definition) is 3. The molecule has 0 aromatic carbocycles. The predicted molar refractivity (Wildman–Crippen MR) is 55.2 cm³/mol. The molecule has 0 atom stereocenters. The van der Waals surface area contributed by atoms with Gasteiger partial charge < -0.3 is 5.73 Å². The first-order valence-electron chi connectivity index (χ1n) is 4.42. The van der Waals surface area contributed by atoms with Gasteiger partial charge in [0.2, 0.25) is 5.95 Å². The van der Waals surface area contributed by atoms with E-state index in [2.05, 4.69) is 9.97 Å². The van der Waals surface area contributed by atoms with Gasteiger partial charge in [0.25, 0.3) is 0 Å². The monoisotopic (exact) mass is 188 g/mol. The molecule has 72 valence electrons. The second-order valence-electron chi connectivity index (χ2n) is 3.21. The Balaban J connectivity index is 2.58. The van der Waals surface area contributed by atoms with E-state index in [1.807, 2.05) is 36.7 Å². The molecule has 0 spiro atoms. The molecule has 2 heterocycles. The number of nitrogens with two attached hydrogens (primary N) is 1. The first kappa shape index (κ1) is 8.74. The minimum atomic E-state index is 0.485. The Kier molecular flexibility index (Phi) is 1.96. The van der Waals surface area contributed by atoms with Crippen LogP contribution in [-0.2, 0) is 0 Å². The first-order valence-corrected chi connectivity index (χ1v) is 4.42. The number of imidazole rings is 1. The number of nitrogens with zero attached hydrogens (tertiary/aromatic N) is 3. The highest BCUT2D eigenvalue weighted by Crippen LogP contribution is 2.15. The van der Waals surface area contributed by atoms with Gasteiger partial charge in [0, 0.05) is 18.1 Å². The van der Waals surface area contributed by atoms with Crippen molar-refractivity contribution < 1.29 is 0 Å². The summed E-state index contributed by atoms with van der Waals surface area (Å²) >= 11 is 0. The normalized spacial score (nSPS) is 10.4. The van der Waals surface area contributed by atoms with E-state index >= 15 is 0 Å². The Morgan fingerprint density at radius 1 is 1.29 bits per heavy atom. The van der Waals surface area contributed by atoms with Crippen LogP contribution in [-0.4, -0.2) is 14.5 Å². The van der Waals surface area contributed by atoms with Gasteiger partial charge in [-0.3, -0.25) is 9.55 Å². The molecule has 0 aliphatic carbocycles. The van der Waals surface area contributed by atoms with E-state index in [0.29, 0.717) is 5.95 Å². The summed E-state index contributed by atoms with van der Waals surface area (Å²) in [5, 5.41) is 0. The van der Waals surface area contributed by atoms with E-state index in [0.717, 1.165) is 17.1 Å². The van der Waals surface area contributed by atoms with Crippen molar-refractivity contribution in [1.29, 1.82) is 0 Å². The molecule has 14 heavy (non-hydrogen) atoms. The molecule has 0 amide bonds. The molecule has 4 nitrogen and oxygen atoms in total. The lowest BCUT2D eigenvalue weighted by molar-refractivity contribution is 1.00. The van der Waals surface area contributed by atoms with E-state index in [9.17, 15) is 0 Å². The van der Waals surface area contributed by atoms with Crippen molar-refractivity contribution in [2.75, 3.05) is 5.73 Å². The van der Waals surface area contributed by atoms with E-state index in [1.54, 1.807) is 6.20 Å². The lowest BCUT2D eigenvalue weighted by atomic mass is 10.3. The summed E-state index contributed by atoms with van der Waals surface area (Å²) < 4.78 is 1.82. The first-order chi connectivity index (χ1) is 6.68. The molecule has 0 radical (unpaired) electrons. The highest BCUT2D eigenvalue weighted by molar-refractivity contribution is 5.42. The van der Waals surface area contributed by atoms with Gasteiger partial charge >= 0.3 is 0 Å². The van der Waals surface area contributed by atoms with Crippen LogP contribution in [0.4, 0.5) is 5.95 Å². The molecule has 0 aliphatic heterocycles. The Labute approximate surface area is 82.4 Å². The summed E-state index contributed by atoms with van der Waals surface area (Å²) in [6.07, 6.45) is 3.50. The molecule has 0 bridgehead atoms. The number of aromatic nitrogens is 3. The van der Waals surface area contributed by atoms with Crippen molar-refractivity contribution in [3.05, 3.63) is 35.9 Å². The Morgan fingerprint density at radius 3 is 2.64 bits per heavy atom.